The summed E-state index contributed by atoms with van der Waals surface area (Å²) in [5.41, 5.74) is 5.77. The summed E-state index contributed by atoms with van der Waals surface area (Å²) in [6, 6.07) is -0.421. The van der Waals surface area contributed by atoms with Crippen molar-refractivity contribution in [3.8, 4) is 17.1 Å². The van der Waals surface area contributed by atoms with Crippen molar-refractivity contribution in [1.82, 2.24) is 14.5 Å². The number of pyridine rings is 1. The first-order chi connectivity index (χ1) is 13.8. The number of nitrogens with one attached hydrogen (secondary N) is 1. The van der Waals surface area contributed by atoms with Gasteiger partial charge >= 0.3 is 6.09 Å². The van der Waals surface area contributed by atoms with E-state index in [1.165, 1.54) is 12.4 Å². The molecule has 2 atom stereocenters. The Morgan fingerprint density at radius 2 is 2.21 bits per heavy atom. The van der Waals surface area contributed by atoms with Crippen LogP contribution in [0, 0.1) is 0 Å². The maximum absolute atomic E-state index is 13.3. The number of carbonyl (C=O) groups excluding carboxylic acids is 2. The molecule has 10 nitrogen and oxygen atoms in total. The lowest BCUT2D eigenvalue weighted by Gasteiger charge is -2.17. The minimum Gasteiger partial charge on any atom is -0.491 e. The van der Waals surface area contributed by atoms with Gasteiger partial charge in [-0.3, -0.25) is 4.79 Å². The number of primary amides is 1. The molecule has 0 saturated carbocycles. The van der Waals surface area contributed by atoms with Crippen molar-refractivity contribution in [2.45, 2.75) is 32.0 Å². The van der Waals surface area contributed by atoms with E-state index in [2.05, 4.69) is 15.3 Å². The van der Waals surface area contributed by atoms with Crippen LogP contribution < -0.4 is 20.7 Å². The molecule has 0 bridgehead atoms. The number of carbonyl (C=O) groups is 2. The monoisotopic (exact) mass is 408 g/mol. The molecule has 2 aliphatic rings. The summed E-state index contributed by atoms with van der Waals surface area (Å²) in [7, 11) is 0. The molecule has 0 radical (unpaired) electrons. The van der Waals surface area contributed by atoms with E-state index < -0.39 is 37.1 Å². The van der Waals surface area contributed by atoms with E-state index in [-0.39, 0.29) is 12.4 Å². The van der Waals surface area contributed by atoms with Crippen molar-refractivity contribution < 1.29 is 27.8 Å². The molecule has 0 spiro atoms. The Hall–Kier alpha value is -3.44. The van der Waals surface area contributed by atoms with Crippen LogP contribution in [0.1, 0.15) is 6.92 Å². The van der Waals surface area contributed by atoms with Crippen molar-refractivity contribution in [3.05, 3.63) is 18.5 Å². The van der Waals surface area contributed by atoms with Gasteiger partial charge in [-0.1, -0.05) is 0 Å². The van der Waals surface area contributed by atoms with E-state index in [0.717, 1.165) is 4.90 Å². The Bertz CT molecular complexity index is 965. The number of cyclic esters (lactones) is 1. The normalized spacial score (nSPS) is 19.1. The van der Waals surface area contributed by atoms with Crippen molar-refractivity contribution >= 4 is 23.6 Å². The van der Waals surface area contributed by atoms with Crippen LogP contribution in [0.15, 0.2) is 18.5 Å². The number of ether oxygens (including phenoxy) is 2. The number of nitrogens with two attached hydrogens (primary N) is 1. The van der Waals surface area contributed by atoms with Crippen LogP contribution in [0.2, 0.25) is 0 Å². The lowest BCUT2D eigenvalue weighted by molar-refractivity contribution is -0.118. The highest BCUT2D eigenvalue weighted by molar-refractivity contribution is 5.89. The summed E-state index contributed by atoms with van der Waals surface area (Å²) < 4.78 is 38.7. The van der Waals surface area contributed by atoms with Crippen LogP contribution in [0.4, 0.5) is 25.2 Å². The molecule has 2 aromatic rings. The minimum atomic E-state index is -2.76. The third-order valence-corrected chi connectivity index (χ3v) is 4.70. The van der Waals surface area contributed by atoms with Crippen LogP contribution in [0.3, 0.4) is 0 Å². The molecule has 1 saturated heterocycles. The number of amides is 2. The molecule has 3 N–H and O–H groups in total. The largest absolute Gasteiger partial charge is 0.491 e. The lowest BCUT2D eigenvalue weighted by atomic mass is 10.2. The van der Waals surface area contributed by atoms with Gasteiger partial charge < -0.3 is 25.1 Å². The Balaban J connectivity index is 1.68. The van der Waals surface area contributed by atoms with Crippen molar-refractivity contribution in [2.75, 3.05) is 23.4 Å². The first kappa shape index (κ1) is 18.9. The molecule has 154 valence electrons. The minimum absolute atomic E-state index is 0.0743. The van der Waals surface area contributed by atoms with Gasteiger partial charge in [-0.15, -0.1) is 0 Å². The highest BCUT2D eigenvalue weighted by Crippen LogP contribution is 2.36. The molecule has 12 heteroatoms. The van der Waals surface area contributed by atoms with Crippen LogP contribution in [-0.2, 0) is 16.1 Å². The number of halogens is 2. The number of imidazole rings is 1. The summed E-state index contributed by atoms with van der Waals surface area (Å²) in [4.78, 5) is 32.7. The van der Waals surface area contributed by atoms with E-state index >= 15 is 0 Å². The molecular weight excluding hydrogens is 390 g/mol. The first-order valence-corrected chi connectivity index (χ1v) is 8.85. The van der Waals surface area contributed by atoms with E-state index in [1.807, 2.05) is 0 Å². The molecule has 4 heterocycles. The van der Waals surface area contributed by atoms with Gasteiger partial charge in [-0.05, 0) is 6.92 Å². The van der Waals surface area contributed by atoms with E-state index in [4.69, 9.17) is 15.2 Å². The van der Waals surface area contributed by atoms with Crippen LogP contribution in [-0.4, -0.2) is 58.3 Å². The van der Waals surface area contributed by atoms with Crippen molar-refractivity contribution in [3.63, 3.8) is 0 Å². The maximum atomic E-state index is 13.3. The fourth-order valence-corrected chi connectivity index (χ4v) is 3.14. The Kier molecular flexibility index (Phi) is 4.68. The van der Waals surface area contributed by atoms with Gasteiger partial charge in [0.25, 0.3) is 6.43 Å². The number of alkyl halides is 2. The predicted octanol–water partition coefficient (Wildman–Crippen LogP) is 1.21. The zero-order valence-corrected chi connectivity index (χ0v) is 15.3. The molecule has 2 amide bonds. The van der Waals surface area contributed by atoms with E-state index in [1.54, 1.807) is 17.6 Å². The van der Waals surface area contributed by atoms with Gasteiger partial charge in [0.15, 0.2) is 5.82 Å². The molecule has 0 unspecified atom stereocenters. The van der Waals surface area contributed by atoms with E-state index in [9.17, 15) is 18.4 Å². The molecular formula is C17H18F2N6O4. The summed E-state index contributed by atoms with van der Waals surface area (Å²) >= 11 is 0. The summed E-state index contributed by atoms with van der Waals surface area (Å²) in [6.07, 6.45) is -0.622. The van der Waals surface area contributed by atoms with E-state index in [0.29, 0.717) is 29.5 Å². The summed E-state index contributed by atoms with van der Waals surface area (Å²) in [5, 5.41) is 2.86. The number of rotatable bonds is 5. The number of fused-ring (bicyclic) bond motifs is 3. The Morgan fingerprint density at radius 3 is 2.93 bits per heavy atom. The predicted molar refractivity (Wildman–Crippen MR) is 96.9 cm³/mol. The van der Waals surface area contributed by atoms with Crippen LogP contribution in [0.5, 0.6) is 5.75 Å². The number of anilines is 2. The summed E-state index contributed by atoms with van der Waals surface area (Å²) in [5.74, 6) is 0.794. The standard InChI is InChI=1S/C17H18F2N6O4/c1-8(15(20)26)22-12-4-11-9(5-21-12)16-23-13(6-24(16)2-3-28-11)25-10(14(18)19)7-29-17(25)27/h4-6,8,10,14H,2-3,7H2,1H3,(H2,20,26)(H,21,22)/t8-,10-/m0/s1. The number of aromatic nitrogens is 3. The topological polar surface area (TPSA) is 125 Å². The third kappa shape index (κ3) is 3.41. The third-order valence-electron chi connectivity index (χ3n) is 4.70. The fraction of sp³-hybridized carbons (Fsp3) is 0.412. The van der Waals surface area contributed by atoms with Gasteiger partial charge in [-0.25, -0.2) is 28.4 Å². The average Bonchev–Trinajstić information content (AvgIpc) is 3.21. The van der Waals surface area contributed by atoms with Gasteiger partial charge in [-0.2, -0.15) is 0 Å². The molecule has 2 aromatic heterocycles. The average molecular weight is 408 g/mol. The van der Waals surface area contributed by atoms with Gasteiger partial charge in [0.05, 0.1) is 12.1 Å². The Morgan fingerprint density at radius 1 is 1.41 bits per heavy atom. The zero-order chi connectivity index (χ0) is 20.7. The lowest BCUT2D eigenvalue weighted by Crippen LogP contribution is -2.38. The van der Waals surface area contributed by atoms with Crippen LogP contribution >= 0.6 is 0 Å². The number of nitrogens with zero attached hydrogens (tertiary/aromatic N) is 4. The number of hydrogen-bond acceptors (Lipinski definition) is 7. The highest BCUT2D eigenvalue weighted by atomic mass is 19.3. The Labute approximate surface area is 163 Å². The molecule has 2 aliphatic heterocycles. The molecule has 0 aliphatic carbocycles. The zero-order valence-electron chi connectivity index (χ0n) is 15.3. The van der Waals surface area contributed by atoms with Gasteiger partial charge in [0, 0.05) is 18.5 Å². The van der Waals surface area contributed by atoms with Gasteiger partial charge in [0.1, 0.15) is 42.7 Å². The van der Waals surface area contributed by atoms with Gasteiger partial charge in [0.2, 0.25) is 5.91 Å². The SMILES string of the molecule is C[C@H](Nc1cc2c(cn1)-c1nc(N3C(=O)OC[C@H]3C(F)F)cn1CCO2)C(N)=O. The number of hydrogen-bond donors (Lipinski definition) is 2. The maximum Gasteiger partial charge on any atom is 0.416 e. The second-order valence-electron chi connectivity index (χ2n) is 6.65. The first-order valence-electron chi connectivity index (χ1n) is 8.85. The van der Waals surface area contributed by atoms with Crippen molar-refractivity contribution in [2.24, 2.45) is 5.73 Å². The molecule has 29 heavy (non-hydrogen) atoms. The van der Waals surface area contributed by atoms with Crippen molar-refractivity contribution in [1.29, 1.82) is 0 Å². The highest BCUT2D eigenvalue weighted by Gasteiger charge is 2.42. The second kappa shape index (κ2) is 7.18. The molecule has 4 rings (SSSR count). The smallest absolute Gasteiger partial charge is 0.416 e. The molecule has 0 aromatic carbocycles. The fourth-order valence-electron chi connectivity index (χ4n) is 3.14. The molecule has 1 fully saturated rings. The summed E-state index contributed by atoms with van der Waals surface area (Å²) in [6.45, 7) is 1.88. The quantitative estimate of drug-likeness (QED) is 0.762. The van der Waals surface area contributed by atoms with Crippen LogP contribution in [0.25, 0.3) is 11.4 Å². The second-order valence-corrected chi connectivity index (χ2v) is 6.65.